The fourth-order valence-corrected chi connectivity index (χ4v) is 4.66. The van der Waals surface area contributed by atoms with Gasteiger partial charge in [-0.1, -0.05) is 0 Å². The van der Waals surface area contributed by atoms with E-state index in [9.17, 15) is 28.4 Å². The summed E-state index contributed by atoms with van der Waals surface area (Å²) >= 11 is 0. The first-order valence-electron chi connectivity index (χ1n) is 16.2. The SMILES string of the molecule is COC(=O)[C@H](CCC(=O)NCCOCCOCCNC(=O)c1ccc(F)c(C#N)c1)NC(=O)c1ccc(NCc2cnc3nc(N)[nH]c(=O)c3n2)cc1. The second-order valence-corrected chi connectivity index (χ2v) is 11.1. The minimum atomic E-state index is -1.07. The zero-order valence-corrected chi connectivity index (χ0v) is 28.6. The number of rotatable bonds is 19. The van der Waals surface area contributed by atoms with Crippen molar-refractivity contribution in [3.63, 3.8) is 0 Å². The molecular weight excluding hydrogens is 695 g/mol. The number of esters is 1. The van der Waals surface area contributed by atoms with Crippen LogP contribution in [0.5, 0.6) is 0 Å². The molecule has 3 amide bonds. The highest BCUT2D eigenvalue weighted by Gasteiger charge is 2.23. The molecule has 2 aromatic heterocycles. The van der Waals surface area contributed by atoms with Crippen LogP contribution in [0.4, 0.5) is 16.0 Å². The maximum absolute atomic E-state index is 13.4. The van der Waals surface area contributed by atoms with Gasteiger partial charge in [0.05, 0.1) is 57.5 Å². The number of nitrogens with one attached hydrogen (secondary N) is 5. The van der Waals surface area contributed by atoms with Crippen molar-refractivity contribution in [2.45, 2.75) is 25.4 Å². The average Bonchev–Trinajstić information content (AvgIpc) is 3.16. The number of carbonyl (C=O) groups is 4. The molecule has 4 rings (SSSR count). The maximum atomic E-state index is 13.4. The molecule has 278 valence electrons. The van der Waals surface area contributed by atoms with Gasteiger partial charge in [-0.2, -0.15) is 10.2 Å². The minimum Gasteiger partial charge on any atom is -0.467 e. The van der Waals surface area contributed by atoms with E-state index in [1.165, 1.54) is 25.4 Å². The number of aromatic amines is 1. The highest BCUT2D eigenvalue weighted by Crippen LogP contribution is 2.13. The molecule has 2 heterocycles. The molecule has 0 radical (unpaired) electrons. The summed E-state index contributed by atoms with van der Waals surface area (Å²) in [5.74, 6) is -2.83. The summed E-state index contributed by atoms with van der Waals surface area (Å²) in [4.78, 5) is 76.5. The molecule has 0 aliphatic heterocycles. The number of anilines is 2. The van der Waals surface area contributed by atoms with Crippen LogP contribution >= 0.6 is 0 Å². The molecular formula is C34H37FN10O8. The Labute approximate surface area is 301 Å². The number of amides is 3. The van der Waals surface area contributed by atoms with E-state index in [4.69, 9.17) is 25.2 Å². The Morgan fingerprint density at radius 2 is 1.66 bits per heavy atom. The summed E-state index contributed by atoms with van der Waals surface area (Å²) in [5, 5.41) is 19.9. The Hall–Kier alpha value is -6.52. The van der Waals surface area contributed by atoms with E-state index < -0.39 is 35.2 Å². The van der Waals surface area contributed by atoms with E-state index in [0.29, 0.717) is 11.4 Å². The normalized spacial score (nSPS) is 11.3. The largest absolute Gasteiger partial charge is 0.467 e. The molecule has 53 heavy (non-hydrogen) atoms. The number of ether oxygens (including phenoxy) is 3. The third-order valence-corrected chi connectivity index (χ3v) is 7.38. The maximum Gasteiger partial charge on any atom is 0.328 e. The van der Waals surface area contributed by atoms with Crippen molar-refractivity contribution in [3.8, 4) is 6.07 Å². The standard InChI is InChI=1S/C34H37FN10O8/c1-51-33(50)26(8-9-27(46)38-10-12-52-14-15-53-13-11-39-30(47)21-4-7-25(35)22(16-21)17-36)43-31(48)20-2-5-23(6-3-20)40-18-24-19-41-29-28(42-24)32(49)45-34(37)44-29/h2-7,16,19,26,40H,8-15,18H2,1H3,(H,38,46)(H,39,47)(H,43,48)(H3,37,41,44,45,49)/t26-/m0/s1. The second kappa shape index (κ2) is 19.8. The monoisotopic (exact) mass is 732 g/mol. The van der Waals surface area contributed by atoms with Crippen molar-refractivity contribution in [2.24, 2.45) is 0 Å². The minimum absolute atomic E-state index is 0.00644. The lowest BCUT2D eigenvalue weighted by atomic mass is 10.1. The van der Waals surface area contributed by atoms with Gasteiger partial charge in [-0.05, 0) is 48.9 Å². The molecule has 19 heteroatoms. The number of hydrogen-bond donors (Lipinski definition) is 6. The first kappa shape index (κ1) is 39.3. The number of nitrogens with two attached hydrogens (primary N) is 1. The third kappa shape index (κ3) is 12.0. The number of fused-ring (bicyclic) bond motifs is 1. The van der Waals surface area contributed by atoms with Crippen molar-refractivity contribution >= 4 is 46.5 Å². The lowest BCUT2D eigenvalue weighted by Gasteiger charge is -2.16. The van der Waals surface area contributed by atoms with Gasteiger partial charge in [0.2, 0.25) is 11.9 Å². The second-order valence-electron chi connectivity index (χ2n) is 11.1. The van der Waals surface area contributed by atoms with Gasteiger partial charge in [-0.15, -0.1) is 0 Å². The lowest BCUT2D eigenvalue weighted by molar-refractivity contribution is -0.143. The Morgan fingerprint density at radius 3 is 2.36 bits per heavy atom. The quantitative estimate of drug-likeness (QED) is 0.0568. The number of halogens is 1. The summed E-state index contributed by atoms with van der Waals surface area (Å²) in [6, 6.07) is 10.5. The van der Waals surface area contributed by atoms with E-state index in [1.54, 1.807) is 30.3 Å². The summed E-state index contributed by atoms with van der Waals surface area (Å²) in [7, 11) is 1.18. The molecule has 0 bridgehead atoms. The number of nitriles is 1. The number of methoxy groups -OCH3 is 1. The van der Waals surface area contributed by atoms with Crippen molar-refractivity contribution in [1.82, 2.24) is 35.9 Å². The van der Waals surface area contributed by atoms with Crippen LogP contribution in [-0.4, -0.2) is 96.3 Å². The van der Waals surface area contributed by atoms with Crippen LogP contribution in [0.1, 0.15) is 44.8 Å². The molecule has 0 unspecified atom stereocenters. The van der Waals surface area contributed by atoms with E-state index >= 15 is 0 Å². The molecule has 4 aromatic rings. The number of hydrogen-bond acceptors (Lipinski definition) is 14. The summed E-state index contributed by atoms with van der Waals surface area (Å²) < 4.78 is 29.0. The first-order chi connectivity index (χ1) is 25.6. The Kier molecular flexibility index (Phi) is 14.6. The molecule has 0 fully saturated rings. The number of aromatic nitrogens is 4. The smallest absolute Gasteiger partial charge is 0.328 e. The molecule has 0 saturated heterocycles. The molecule has 18 nitrogen and oxygen atoms in total. The van der Waals surface area contributed by atoms with Gasteiger partial charge in [0.25, 0.3) is 17.4 Å². The molecule has 0 saturated carbocycles. The van der Waals surface area contributed by atoms with E-state index in [0.717, 1.165) is 6.07 Å². The average molecular weight is 733 g/mol. The fourth-order valence-electron chi connectivity index (χ4n) is 4.66. The van der Waals surface area contributed by atoms with E-state index in [2.05, 4.69) is 41.2 Å². The van der Waals surface area contributed by atoms with Crippen LogP contribution in [0.3, 0.4) is 0 Å². The van der Waals surface area contributed by atoms with Gasteiger partial charge in [-0.25, -0.2) is 19.2 Å². The molecule has 1 atom stereocenters. The zero-order chi connectivity index (χ0) is 38.2. The first-order valence-corrected chi connectivity index (χ1v) is 16.2. The fraction of sp³-hybridized carbons (Fsp3) is 0.324. The van der Waals surface area contributed by atoms with Gasteiger partial charge in [-0.3, -0.25) is 24.2 Å². The number of nitrogens with zero attached hydrogens (tertiary/aromatic N) is 4. The van der Waals surface area contributed by atoms with Crippen molar-refractivity contribution in [1.29, 1.82) is 5.26 Å². The van der Waals surface area contributed by atoms with Gasteiger partial charge >= 0.3 is 5.97 Å². The van der Waals surface area contributed by atoms with Crippen LogP contribution in [0, 0.1) is 17.1 Å². The van der Waals surface area contributed by atoms with Gasteiger partial charge in [0.15, 0.2) is 11.2 Å². The molecule has 0 spiro atoms. The van der Waals surface area contributed by atoms with Gasteiger partial charge in [0, 0.05) is 36.3 Å². The van der Waals surface area contributed by atoms with Gasteiger partial charge < -0.3 is 41.2 Å². The van der Waals surface area contributed by atoms with Gasteiger partial charge in [0.1, 0.15) is 17.9 Å². The highest BCUT2D eigenvalue weighted by atomic mass is 19.1. The number of H-pyrrole nitrogens is 1. The lowest BCUT2D eigenvalue weighted by Crippen LogP contribution is -2.42. The highest BCUT2D eigenvalue weighted by molar-refractivity contribution is 5.97. The van der Waals surface area contributed by atoms with E-state index in [1.807, 2.05) is 0 Å². The summed E-state index contributed by atoms with van der Waals surface area (Å²) in [5.41, 5.74) is 6.53. The Bertz CT molecular complexity index is 2020. The molecule has 7 N–H and O–H groups in total. The van der Waals surface area contributed by atoms with Crippen LogP contribution in [0.25, 0.3) is 11.2 Å². The predicted molar refractivity (Wildman–Crippen MR) is 187 cm³/mol. The molecule has 2 aromatic carbocycles. The number of carbonyl (C=O) groups excluding carboxylic acids is 4. The van der Waals surface area contributed by atoms with Crippen LogP contribution in [-0.2, 0) is 30.3 Å². The third-order valence-electron chi connectivity index (χ3n) is 7.38. The Morgan fingerprint density at radius 1 is 0.962 bits per heavy atom. The van der Waals surface area contributed by atoms with Crippen molar-refractivity contribution in [2.75, 3.05) is 57.7 Å². The topological polar surface area (TPSA) is 265 Å². The Balaban J connectivity index is 1.09. The summed E-state index contributed by atoms with van der Waals surface area (Å²) in [6.07, 6.45) is 1.39. The van der Waals surface area contributed by atoms with E-state index in [-0.39, 0.29) is 98.6 Å². The molecule has 0 aliphatic carbocycles. The van der Waals surface area contributed by atoms with Crippen molar-refractivity contribution in [3.05, 3.63) is 87.2 Å². The molecule has 0 aliphatic rings. The van der Waals surface area contributed by atoms with Crippen molar-refractivity contribution < 1.29 is 37.8 Å². The number of benzene rings is 2. The summed E-state index contributed by atoms with van der Waals surface area (Å²) in [6.45, 7) is 1.47. The van der Waals surface area contributed by atoms with Crippen LogP contribution in [0.15, 0.2) is 53.5 Å². The van der Waals surface area contributed by atoms with Crippen LogP contribution < -0.4 is 32.6 Å². The zero-order valence-electron chi connectivity index (χ0n) is 28.6. The van der Waals surface area contributed by atoms with Crippen LogP contribution in [0.2, 0.25) is 0 Å². The predicted octanol–water partition coefficient (Wildman–Crippen LogP) is 0.549. The number of nitrogen functional groups attached to an aromatic ring is 1.